The zero-order chi connectivity index (χ0) is 14.2. The first kappa shape index (κ1) is 13.7. The van der Waals surface area contributed by atoms with Gasteiger partial charge in [0.1, 0.15) is 0 Å². The highest BCUT2D eigenvalue weighted by molar-refractivity contribution is 7.93. The van der Waals surface area contributed by atoms with Crippen LogP contribution < -0.4 is 10.5 Å². The predicted molar refractivity (Wildman–Crippen MR) is 73.6 cm³/mol. The van der Waals surface area contributed by atoms with Gasteiger partial charge in [0.15, 0.2) is 0 Å². The van der Waals surface area contributed by atoms with E-state index >= 15 is 0 Å². The van der Waals surface area contributed by atoms with Crippen molar-refractivity contribution in [1.29, 1.82) is 0 Å². The topological polar surface area (TPSA) is 111 Å². The van der Waals surface area contributed by atoms with E-state index in [4.69, 9.17) is 5.73 Å². The monoisotopic (exact) mass is 299 g/mol. The van der Waals surface area contributed by atoms with Gasteiger partial charge in [0, 0.05) is 17.2 Å². The number of nitrogen functional groups attached to an aromatic ring is 1. The summed E-state index contributed by atoms with van der Waals surface area (Å²) in [5.74, 6) is 0. The fraction of sp³-hybridized carbons (Fsp3) is 0.300. The standard InChI is InChI=1S/C10H13N5O2S2/c1-5-4-8(11)7(3)9(6(5)2)19(16,17)13-10-12-14-15-18-10/h4H,11H2,1-3H3,(H,12,13,15). The highest BCUT2D eigenvalue weighted by Gasteiger charge is 2.23. The van der Waals surface area contributed by atoms with E-state index in [0.717, 1.165) is 17.1 Å². The van der Waals surface area contributed by atoms with Gasteiger partial charge in [-0.25, -0.2) is 8.42 Å². The number of anilines is 2. The lowest BCUT2D eigenvalue weighted by Gasteiger charge is -2.15. The maximum absolute atomic E-state index is 12.4. The second-order valence-electron chi connectivity index (χ2n) is 4.13. The van der Waals surface area contributed by atoms with Gasteiger partial charge in [0.25, 0.3) is 10.0 Å². The Labute approximate surface area is 115 Å². The van der Waals surface area contributed by atoms with Crippen molar-refractivity contribution < 1.29 is 8.42 Å². The van der Waals surface area contributed by atoms with Crippen molar-refractivity contribution in [2.75, 3.05) is 10.5 Å². The lowest BCUT2D eigenvalue weighted by Crippen LogP contribution is -2.17. The van der Waals surface area contributed by atoms with E-state index in [9.17, 15) is 8.42 Å². The van der Waals surface area contributed by atoms with Crippen molar-refractivity contribution in [3.8, 4) is 0 Å². The number of nitrogens with zero attached hydrogens (tertiary/aromatic N) is 3. The molecule has 0 saturated carbocycles. The Hall–Kier alpha value is -1.74. The van der Waals surface area contributed by atoms with Crippen LogP contribution in [0.15, 0.2) is 11.0 Å². The molecule has 0 radical (unpaired) electrons. The number of nitrogens with one attached hydrogen (secondary N) is 1. The van der Waals surface area contributed by atoms with E-state index in [1.165, 1.54) is 0 Å². The molecule has 19 heavy (non-hydrogen) atoms. The van der Waals surface area contributed by atoms with Gasteiger partial charge < -0.3 is 5.73 Å². The number of hydrogen-bond acceptors (Lipinski definition) is 7. The van der Waals surface area contributed by atoms with Crippen LogP contribution in [0.5, 0.6) is 0 Å². The van der Waals surface area contributed by atoms with Gasteiger partial charge in [-0.1, -0.05) is 9.59 Å². The molecular weight excluding hydrogens is 286 g/mol. The summed E-state index contributed by atoms with van der Waals surface area (Å²) in [6.07, 6.45) is 0. The number of sulfonamides is 1. The van der Waals surface area contributed by atoms with Gasteiger partial charge in [-0.05, 0) is 48.7 Å². The summed E-state index contributed by atoms with van der Waals surface area (Å²) in [7, 11) is -3.75. The molecule has 7 nitrogen and oxygen atoms in total. The van der Waals surface area contributed by atoms with Crippen LogP contribution >= 0.6 is 11.5 Å². The minimum Gasteiger partial charge on any atom is -0.398 e. The molecule has 102 valence electrons. The first-order valence-corrected chi connectivity index (χ1v) is 7.62. The molecule has 1 aromatic carbocycles. The molecule has 2 rings (SSSR count). The molecule has 0 fully saturated rings. The fourth-order valence-corrected chi connectivity index (χ4v) is 3.94. The Morgan fingerprint density at radius 1 is 1.26 bits per heavy atom. The van der Waals surface area contributed by atoms with Crippen LogP contribution in [0.25, 0.3) is 0 Å². The van der Waals surface area contributed by atoms with E-state index in [-0.39, 0.29) is 10.0 Å². The van der Waals surface area contributed by atoms with Gasteiger partial charge in [-0.15, -0.1) is 0 Å². The minimum atomic E-state index is -3.75. The van der Waals surface area contributed by atoms with Crippen molar-refractivity contribution in [2.24, 2.45) is 0 Å². The van der Waals surface area contributed by atoms with E-state index in [0.29, 0.717) is 16.8 Å². The fourth-order valence-electron chi connectivity index (χ4n) is 1.78. The molecular formula is C10H13N5O2S2. The van der Waals surface area contributed by atoms with Crippen molar-refractivity contribution >= 4 is 32.4 Å². The Bertz CT molecular complexity index is 684. The van der Waals surface area contributed by atoms with Crippen LogP contribution in [0.3, 0.4) is 0 Å². The lowest BCUT2D eigenvalue weighted by molar-refractivity contribution is 0.600. The predicted octanol–water partition coefficient (Wildman–Crippen LogP) is 1.24. The molecule has 0 spiro atoms. The largest absolute Gasteiger partial charge is 0.398 e. The molecule has 0 saturated heterocycles. The number of aromatic nitrogens is 3. The number of benzene rings is 1. The van der Waals surface area contributed by atoms with E-state index < -0.39 is 10.0 Å². The molecule has 2 aromatic rings. The molecule has 3 N–H and O–H groups in total. The second-order valence-corrected chi connectivity index (χ2v) is 6.49. The molecule has 0 unspecified atom stereocenters. The molecule has 9 heteroatoms. The first-order chi connectivity index (χ1) is 8.83. The highest BCUT2D eigenvalue weighted by Crippen LogP contribution is 2.29. The third-order valence-electron chi connectivity index (χ3n) is 2.87. The maximum atomic E-state index is 12.4. The van der Waals surface area contributed by atoms with Gasteiger partial charge in [0.2, 0.25) is 5.13 Å². The lowest BCUT2D eigenvalue weighted by atomic mass is 10.1. The number of rotatable bonds is 3. The van der Waals surface area contributed by atoms with Crippen LogP contribution in [-0.4, -0.2) is 23.2 Å². The molecule has 0 aliphatic heterocycles. The Balaban J connectivity index is 2.58. The van der Waals surface area contributed by atoms with Crippen LogP contribution in [-0.2, 0) is 10.0 Å². The molecule has 0 atom stereocenters. The summed E-state index contributed by atoms with van der Waals surface area (Å²) in [4.78, 5) is 0.181. The minimum absolute atomic E-state index is 0.124. The van der Waals surface area contributed by atoms with Crippen LogP contribution in [0.1, 0.15) is 16.7 Å². The Kier molecular flexibility index (Phi) is 3.42. The summed E-state index contributed by atoms with van der Waals surface area (Å²) in [5.41, 5.74) is 8.28. The number of nitrogens with two attached hydrogens (primary N) is 1. The molecule has 0 amide bonds. The smallest absolute Gasteiger partial charge is 0.264 e. The van der Waals surface area contributed by atoms with Gasteiger partial charge in [-0.3, -0.25) is 4.72 Å². The van der Waals surface area contributed by atoms with Crippen molar-refractivity contribution in [3.63, 3.8) is 0 Å². The zero-order valence-electron chi connectivity index (χ0n) is 10.6. The van der Waals surface area contributed by atoms with E-state index in [2.05, 4.69) is 19.5 Å². The Morgan fingerprint density at radius 3 is 2.53 bits per heavy atom. The highest BCUT2D eigenvalue weighted by atomic mass is 32.2. The second kappa shape index (κ2) is 4.74. The average Bonchev–Trinajstić information content (AvgIpc) is 2.78. The summed E-state index contributed by atoms with van der Waals surface area (Å²) >= 11 is 0.871. The van der Waals surface area contributed by atoms with Gasteiger partial charge in [-0.2, -0.15) is 0 Å². The van der Waals surface area contributed by atoms with Gasteiger partial charge in [0.05, 0.1) is 4.90 Å². The van der Waals surface area contributed by atoms with Gasteiger partial charge >= 0.3 is 0 Å². The molecule has 0 aliphatic rings. The summed E-state index contributed by atoms with van der Waals surface area (Å²) in [6.45, 7) is 5.24. The normalized spacial score (nSPS) is 11.5. The summed E-state index contributed by atoms with van der Waals surface area (Å²) in [6, 6.07) is 1.76. The van der Waals surface area contributed by atoms with Crippen molar-refractivity contribution in [3.05, 3.63) is 22.8 Å². The van der Waals surface area contributed by atoms with Crippen molar-refractivity contribution in [2.45, 2.75) is 25.7 Å². The quantitative estimate of drug-likeness (QED) is 0.825. The Morgan fingerprint density at radius 2 is 1.95 bits per heavy atom. The molecule has 0 aliphatic carbocycles. The van der Waals surface area contributed by atoms with E-state index in [1.807, 2.05) is 6.92 Å². The average molecular weight is 299 g/mol. The van der Waals surface area contributed by atoms with Crippen molar-refractivity contribution in [1.82, 2.24) is 14.8 Å². The van der Waals surface area contributed by atoms with Crippen LogP contribution in [0, 0.1) is 20.8 Å². The van der Waals surface area contributed by atoms with E-state index in [1.54, 1.807) is 19.9 Å². The molecule has 0 bridgehead atoms. The third kappa shape index (κ3) is 2.51. The van der Waals surface area contributed by atoms with Crippen LogP contribution in [0.4, 0.5) is 10.8 Å². The summed E-state index contributed by atoms with van der Waals surface area (Å²) in [5, 5.41) is 7.04. The molecule has 1 heterocycles. The first-order valence-electron chi connectivity index (χ1n) is 5.37. The number of hydrogen-bond donors (Lipinski definition) is 2. The maximum Gasteiger partial charge on any atom is 0.264 e. The summed E-state index contributed by atoms with van der Waals surface area (Å²) < 4.78 is 30.6. The molecule has 1 aromatic heterocycles. The SMILES string of the molecule is Cc1cc(N)c(C)c(S(=O)(=O)Nc2nnns2)c1C. The third-order valence-corrected chi connectivity index (χ3v) is 5.12. The van der Waals surface area contributed by atoms with Crippen LogP contribution in [0.2, 0.25) is 0 Å². The zero-order valence-corrected chi connectivity index (χ0v) is 12.3. The number of aryl methyl sites for hydroxylation is 1.